The van der Waals surface area contributed by atoms with Gasteiger partial charge in [-0.3, -0.25) is 14.4 Å². The summed E-state index contributed by atoms with van der Waals surface area (Å²) in [4.78, 5) is 27.2. The number of carbonyl (C=O) groups excluding carboxylic acids is 2. The van der Waals surface area contributed by atoms with Crippen LogP contribution in [0.15, 0.2) is 0 Å². The molecule has 0 aromatic carbocycles. The van der Waals surface area contributed by atoms with Gasteiger partial charge in [0, 0.05) is 7.11 Å². The van der Waals surface area contributed by atoms with Crippen LogP contribution in [0, 0.1) is 5.41 Å². The van der Waals surface area contributed by atoms with Crippen molar-refractivity contribution in [3.63, 3.8) is 0 Å². The first-order valence-electron chi connectivity index (χ1n) is 5.51. The molecule has 1 fully saturated rings. The highest BCUT2D eigenvalue weighted by molar-refractivity contribution is 5.82. The molecule has 1 heterocycles. The molecule has 7 nitrogen and oxygen atoms in total. The largest absolute Gasteiger partial charge is 0.384 e. The van der Waals surface area contributed by atoms with E-state index in [2.05, 4.69) is 10.8 Å². The Morgan fingerprint density at radius 3 is 2.59 bits per heavy atom. The fourth-order valence-electron chi connectivity index (χ4n) is 1.90. The Bertz CT molecular complexity index is 271. The first kappa shape index (κ1) is 13.9. The second kappa shape index (κ2) is 6.53. The first-order chi connectivity index (χ1) is 8.10. The van der Waals surface area contributed by atoms with Gasteiger partial charge in [0.25, 0.3) is 5.91 Å². The molecule has 0 saturated carbocycles. The monoisotopic (exact) mass is 245 g/mol. The SMILES string of the molecule is COCC1(C(=O)NOCC(N)=O)CCNCC1. The molecule has 17 heavy (non-hydrogen) atoms. The molecule has 0 bridgehead atoms. The molecule has 7 heteroatoms. The van der Waals surface area contributed by atoms with Crippen LogP contribution >= 0.6 is 0 Å². The maximum atomic E-state index is 12.0. The van der Waals surface area contributed by atoms with Crippen LogP contribution in [0.3, 0.4) is 0 Å². The maximum absolute atomic E-state index is 12.0. The van der Waals surface area contributed by atoms with Gasteiger partial charge in [-0.25, -0.2) is 5.48 Å². The smallest absolute Gasteiger partial charge is 0.252 e. The minimum absolute atomic E-state index is 0.262. The van der Waals surface area contributed by atoms with Gasteiger partial charge in [0.05, 0.1) is 12.0 Å². The number of nitrogens with one attached hydrogen (secondary N) is 2. The molecule has 0 aliphatic carbocycles. The molecule has 0 radical (unpaired) electrons. The van der Waals surface area contributed by atoms with E-state index in [0.29, 0.717) is 19.4 Å². The summed E-state index contributed by atoms with van der Waals surface area (Å²) in [6, 6.07) is 0. The number of amides is 2. The Labute approximate surface area is 100.0 Å². The molecule has 1 aliphatic heterocycles. The normalized spacial score (nSPS) is 18.6. The highest BCUT2D eigenvalue weighted by Gasteiger charge is 2.39. The van der Waals surface area contributed by atoms with Crippen molar-refractivity contribution in [3.05, 3.63) is 0 Å². The third-order valence-electron chi connectivity index (χ3n) is 2.84. The Morgan fingerprint density at radius 1 is 1.41 bits per heavy atom. The molecule has 4 N–H and O–H groups in total. The molecule has 1 rings (SSSR count). The van der Waals surface area contributed by atoms with Gasteiger partial charge in [-0.2, -0.15) is 0 Å². The van der Waals surface area contributed by atoms with E-state index < -0.39 is 11.3 Å². The van der Waals surface area contributed by atoms with E-state index in [4.69, 9.17) is 15.3 Å². The van der Waals surface area contributed by atoms with E-state index in [9.17, 15) is 9.59 Å². The van der Waals surface area contributed by atoms with Crippen LogP contribution in [0.2, 0.25) is 0 Å². The molecule has 0 aromatic rings. The number of methoxy groups -OCH3 is 1. The number of hydroxylamine groups is 1. The Morgan fingerprint density at radius 2 is 2.06 bits per heavy atom. The van der Waals surface area contributed by atoms with Crippen molar-refractivity contribution >= 4 is 11.8 Å². The molecule has 0 unspecified atom stereocenters. The fraction of sp³-hybridized carbons (Fsp3) is 0.800. The van der Waals surface area contributed by atoms with Gasteiger partial charge in [0.2, 0.25) is 5.91 Å². The summed E-state index contributed by atoms with van der Waals surface area (Å²) < 4.78 is 5.10. The summed E-state index contributed by atoms with van der Waals surface area (Å²) in [6.07, 6.45) is 1.35. The Hall–Kier alpha value is -1.18. The average Bonchev–Trinajstić information content (AvgIpc) is 2.30. The molecule has 1 saturated heterocycles. The van der Waals surface area contributed by atoms with Crippen molar-refractivity contribution in [3.8, 4) is 0 Å². The standard InChI is InChI=1S/C10H19N3O4/c1-16-7-10(2-4-12-5-3-10)9(15)13-17-6-8(11)14/h12H,2-7H2,1H3,(H2,11,14)(H,13,15). The summed E-state index contributed by atoms with van der Waals surface area (Å²) in [5, 5.41) is 3.18. The summed E-state index contributed by atoms with van der Waals surface area (Å²) >= 11 is 0. The minimum Gasteiger partial charge on any atom is -0.384 e. The van der Waals surface area contributed by atoms with Crippen molar-refractivity contribution in [2.45, 2.75) is 12.8 Å². The third kappa shape index (κ3) is 3.95. The lowest BCUT2D eigenvalue weighted by Gasteiger charge is -2.35. The number of rotatable bonds is 6. The van der Waals surface area contributed by atoms with Crippen LogP contribution in [0.1, 0.15) is 12.8 Å². The number of hydrogen-bond acceptors (Lipinski definition) is 5. The molecular formula is C10H19N3O4. The maximum Gasteiger partial charge on any atom is 0.252 e. The van der Waals surface area contributed by atoms with E-state index in [-0.39, 0.29) is 12.5 Å². The summed E-state index contributed by atoms with van der Waals surface area (Å²) in [6.45, 7) is 1.52. The van der Waals surface area contributed by atoms with Gasteiger partial charge in [0.15, 0.2) is 6.61 Å². The lowest BCUT2D eigenvalue weighted by molar-refractivity contribution is -0.151. The van der Waals surface area contributed by atoms with Crippen molar-refractivity contribution in [2.75, 3.05) is 33.4 Å². The van der Waals surface area contributed by atoms with E-state index >= 15 is 0 Å². The van der Waals surface area contributed by atoms with E-state index in [1.54, 1.807) is 7.11 Å². The zero-order valence-corrected chi connectivity index (χ0v) is 9.95. The van der Waals surface area contributed by atoms with Crippen LogP contribution in [-0.2, 0) is 19.2 Å². The van der Waals surface area contributed by atoms with Crippen LogP contribution in [0.5, 0.6) is 0 Å². The third-order valence-corrected chi connectivity index (χ3v) is 2.84. The topological polar surface area (TPSA) is 103 Å². The molecule has 98 valence electrons. The minimum atomic E-state index is -0.628. The predicted octanol–water partition coefficient (Wildman–Crippen LogP) is -1.46. The van der Waals surface area contributed by atoms with Crippen LogP contribution in [0.4, 0.5) is 0 Å². The average molecular weight is 245 g/mol. The quantitative estimate of drug-likeness (QED) is 0.496. The molecular weight excluding hydrogens is 226 g/mol. The van der Waals surface area contributed by atoms with Gasteiger partial charge >= 0.3 is 0 Å². The Balaban J connectivity index is 2.50. The number of carbonyl (C=O) groups is 2. The van der Waals surface area contributed by atoms with Gasteiger partial charge in [0.1, 0.15) is 0 Å². The van der Waals surface area contributed by atoms with Gasteiger partial charge in [-0.1, -0.05) is 0 Å². The number of primary amides is 1. The first-order valence-corrected chi connectivity index (χ1v) is 5.51. The molecule has 0 atom stereocenters. The zero-order valence-electron chi connectivity index (χ0n) is 9.95. The summed E-state index contributed by atoms with van der Waals surface area (Å²) in [7, 11) is 1.56. The second-order valence-electron chi connectivity index (χ2n) is 4.15. The Kier molecular flexibility index (Phi) is 5.33. The molecule has 0 aromatic heterocycles. The van der Waals surface area contributed by atoms with Crippen molar-refractivity contribution in [1.82, 2.24) is 10.8 Å². The van der Waals surface area contributed by atoms with E-state index in [1.165, 1.54) is 0 Å². The second-order valence-corrected chi connectivity index (χ2v) is 4.15. The molecule has 0 spiro atoms. The number of hydrogen-bond donors (Lipinski definition) is 3. The van der Waals surface area contributed by atoms with Crippen LogP contribution in [-0.4, -0.2) is 45.2 Å². The van der Waals surface area contributed by atoms with E-state index in [1.807, 2.05) is 0 Å². The lowest BCUT2D eigenvalue weighted by Crippen LogP contribution is -2.50. The van der Waals surface area contributed by atoms with Gasteiger partial charge < -0.3 is 15.8 Å². The number of ether oxygens (including phenoxy) is 1. The zero-order chi connectivity index (χ0) is 12.7. The van der Waals surface area contributed by atoms with Crippen molar-refractivity contribution in [2.24, 2.45) is 11.1 Å². The summed E-state index contributed by atoms with van der Waals surface area (Å²) in [5.41, 5.74) is 6.57. The van der Waals surface area contributed by atoms with Gasteiger partial charge in [-0.15, -0.1) is 0 Å². The predicted molar refractivity (Wildman–Crippen MR) is 59.7 cm³/mol. The number of piperidine rings is 1. The highest BCUT2D eigenvalue weighted by Crippen LogP contribution is 2.29. The highest BCUT2D eigenvalue weighted by atomic mass is 16.7. The lowest BCUT2D eigenvalue weighted by atomic mass is 9.79. The van der Waals surface area contributed by atoms with Gasteiger partial charge in [-0.05, 0) is 25.9 Å². The van der Waals surface area contributed by atoms with E-state index in [0.717, 1.165) is 13.1 Å². The molecule has 2 amide bonds. The number of nitrogens with two attached hydrogens (primary N) is 1. The molecule has 1 aliphatic rings. The van der Waals surface area contributed by atoms with Crippen molar-refractivity contribution in [1.29, 1.82) is 0 Å². The van der Waals surface area contributed by atoms with Crippen molar-refractivity contribution < 1.29 is 19.2 Å². The van der Waals surface area contributed by atoms with Crippen LogP contribution in [0.25, 0.3) is 0 Å². The fourth-order valence-corrected chi connectivity index (χ4v) is 1.90. The summed E-state index contributed by atoms with van der Waals surface area (Å²) in [5.74, 6) is -0.890. The van der Waals surface area contributed by atoms with Crippen LogP contribution < -0.4 is 16.5 Å².